The van der Waals surface area contributed by atoms with Crippen molar-refractivity contribution >= 4 is 11.6 Å². The fourth-order valence-corrected chi connectivity index (χ4v) is 3.61. The third kappa shape index (κ3) is 3.14. The van der Waals surface area contributed by atoms with E-state index >= 15 is 0 Å². The van der Waals surface area contributed by atoms with Crippen molar-refractivity contribution in [3.8, 4) is 0 Å². The molecule has 0 amide bonds. The van der Waals surface area contributed by atoms with Crippen LogP contribution in [-0.2, 0) is 13.0 Å². The first-order valence-corrected chi connectivity index (χ1v) is 7.82. The first kappa shape index (κ1) is 14.9. The highest BCUT2D eigenvalue weighted by molar-refractivity contribution is 6.31. The third-order valence-electron chi connectivity index (χ3n) is 4.09. The van der Waals surface area contributed by atoms with Crippen LogP contribution in [0, 0.1) is 12.8 Å². The Labute approximate surface area is 121 Å². The van der Waals surface area contributed by atoms with Crippen LogP contribution in [0.1, 0.15) is 51.4 Å². The quantitative estimate of drug-likeness (QED) is 0.895. The SMILES string of the molecule is CCn1nc(C)c(Cl)c1CC1(CC(C)C)CCCN1. The molecule has 1 N–H and O–H groups in total. The minimum atomic E-state index is 0.219. The van der Waals surface area contributed by atoms with Gasteiger partial charge in [0.15, 0.2) is 0 Å². The van der Waals surface area contributed by atoms with E-state index in [0.717, 1.165) is 30.2 Å². The zero-order valence-electron chi connectivity index (χ0n) is 12.6. The van der Waals surface area contributed by atoms with Crippen LogP contribution in [0.4, 0.5) is 0 Å². The molecule has 0 aliphatic carbocycles. The second-order valence-corrected chi connectivity index (χ2v) is 6.63. The van der Waals surface area contributed by atoms with Crippen LogP contribution >= 0.6 is 11.6 Å². The van der Waals surface area contributed by atoms with Crippen LogP contribution in [0.2, 0.25) is 5.02 Å². The average molecular weight is 284 g/mol. The molecular weight excluding hydrogens is 258 g/mol. The second-order valence-electron chi connectivity index (χ2n) is 6.25. The summed E-state index contributed by atoms with van der Waals surface area (Å²) < 4.78 is 2.07. The minimum absolute atomic E-state index is 0.219. The maximum Gasteiger partial charge on any atom is 0.0847 e. The maximum atomic E-state index is 6.46. The van der Waals surface area contributed by atoms with E-state index < -0.39 is 0 Å². The topological polar surface area (TPSA) is 29.9 Å². The number of hydrogen-bond acceptors (Lipinski definition) is 2. The van der Waals surface area contributed by atoms with E-state index in [1.165, 1.54) is 25.0 Å². The van der Waals surface area contributed by atoms with Gasteiger partial charge in [-0.25, -0.2) is 0 Å². The van der Waals surface area contributed by atoms with Crippen molar-refractivity contribution in [2.24, 2.45) is 5.92 Å². The lowest BCUT2D eigenvalue weighted by molar-refractivity contribution is 0.295. The molecule has 1 atom stereocenters. The van der Waals surface area contributed by atoms with Gasteiger partial charge in [0.2, 0.25) is 0 Å². The smallest absolute Gasteiger partial charge is 0.0847 e. The summed E-state index contributed by atoms with van der Waals surface area (Å²) in [6.07, 6.45) is 4.72. The first-order chi connectivity index (χ1) is 8.97. The van der Waals surface area contributed by atoms with Gasteiger partial charge < -0.3 is 5.32 Å². The summed E-state index contributed by atoms with van der Waals surface area (Å²) in [5, 5.41) is 9.14. The Bertz CT molecular complexity index is 431. The van der Waals surface area contributed by atoms with Crippen LogP contribution in [-0.4, -0.2) is 21.9 Å². The molecule has 0 spiro atoms. The lowest BCUT2D eigenvalue weighted by Crippen LogP contribution is -2.43. The largest absolute Gasteiger partial charge is 0.311 e. The molecule has 0 saturated carbocycles. The van der Waals surface area contributed by atoms with E-state index in [2.05, 4.69) is 35.9 Å². The van der Waals surface area contributed by atoms with Crippen molar-refractivity contribution in [3.05, 3.63) is 16.4 Å². The summed E-state index contributed by atoms with van der Waals surface area (Å²) in [6, 6.07) is 0. The number of aromatic nitrogens is 2. The summed E-state index contributed by atoms with van der Waals surface area (Å²) in [4.78, 5) is 0. The molecular formula is C15H26ClN3. The van der Waals surface area contributed by atoms with Crippen molar-refractivity contribution in [2.45, 2.75) is 65.5 Å². The van der Waals surface area contributed by atoms with Crippen molar-refractivity contribution in [2.75, 3.05) is 6.54 Å². The molecule has 1 aromatic heterocycles. The molecule has 1 aromatic rings. The minimum Gasteiger partial charge on any atom is -0.311 e. The summed E-state index contributed by atoms with van der Waals surface area (Å²) in [5.41, 5.74) is 2.38. The fourth-order valence-electron chi connectivity index (χ4n) is 3.41. The number of aryl methyl sites for hydroxylation is 2. The predicted molar refractivity (Wildman–Crippen MR) is 80.8 cm³/mol. The molecule has 3 nitrogen and oxygen atoms in total. The Balaban J connectivity index is 2.26. The van der Waals surface area contributed by atoms with E-state index in [-0.39, 0.29) is 5.54 Å². The molecule has 0 radical (unpaired) electrons. The predicted octanol–water partition coefficient (Wildman–Crippen LogP) is 3.58. The van der Waals surface area contributed by atoms with E-state index in [1.807, 2.05) is 6.92 Å². The number of halogens is 1. The zero-order chi connectivity index (χ0) is 14.0. The molecule has 108 valence electrons. The van der Waals surface area contributed by atoms with Crippen molar-refractivity contribution < 1.29 is 0 Å². The highest BCUT2D eigenvalue weighted by Gasteiger charge is 2.36. The zero-order valence-corrected chi connectivity index (χ0v) is 13.3. The summed E-state index contributed by atoms with van der Waals surface area (Å²) in [5.74, 6) is 0.698. The molecule has 1 unspecified atom stereocenters. The van der Waals surface area contributed by atoms with Crippen molar-refractivity contribution in [1.82, 2.24) is 15.1 Å². The summed E-state index contributed by atoms with van der Waals surface area (Å²) in [6.45, 7) is 10.7. The van der Waals surface area contributed by atoms with E-state index in [4.69, 9.17) is 11.6 Å². The van der Waals surface area contributed by atoms with Crippen molar-refractivity contribution in [1.29, 1.82) is 0 Å². The van der Waals surface area contributed by atoms with Gasteiger partial charge in [-0.3, -0.25) is 4.68 Å². The van der Waals surface area contributed by atoms with Gasteiger partial charge in [0.25, 0.3) is 0 Å². The van der Waals surface area contributed by atoms with Crippen LogP contribution in [0.25, 0.3) is 0 Å². The summed E-state index contributed by atoms with van der Waals surface area (Å²) in [7, 11) is 0. The third-order valence-corrected chi connectivity index (χ3v) is 4.58. The second kappa shape index (κ2) is 5.84. The Morgan fingerprint density at radius 2 is 2.21 bits per heavy atom. The average Bonchev–Trinajstić information content (AvgIpc) is 2.89. The van der Waals surface area contributed by atoms with Gasteiger partial charge in [0.1, 0.15) is 0 Å². The molecule has 4 heteroatoms. The van der Waals surface area contributed by atoms with Crippen LogP contribution in [0.15, 0.2) is 0 Å². The molecule has 0 aromatic carbocycles. The number of hydrogen-bond donors (Lipinski definition) is 1. The van der Waals surface area contributed by atoms with Gasteiger partial charge >= 0.3 is 0 Å². The first-order valence-electron chi connectivity index (χ1n) is 7.44. The Morgan fingerprint density at radius 3 is 2.74 bits per heavy atom. The normalized spacial score (nSPS) is 23.5. The Morgan fingerprint density at radius 1 is 1.47 bits per heavy atom. The Hall–Kier alpha value is -0.540. The number of rotatable bonds is 5. The molecule has 0 bridgehead atoms. The van der Waals surface area contributed by atoms with Crippen LogP contribution < -0.4 is 5.32 Å². The molecule has 1 aliphatic heterocycles. The number of nitrogens with one attached hydrogen (secondary N) is 1. The highest BCUT2D eigenvalue weighted by Crippen LogP contribution is 2.33. The lowest BCUT2D eigenvalue weighted by Gasteiger charge is -2.32. The van der Waals surface area contributed by atoms with Gasteiger partial charge in [-0.15, -0.1) is 0 Å². The van der Waals surface area contributed by atoms with Gasteiger partial charge in [-0.2, -0.15) is 5.10 Å². The van der Waals surface area contributed by atoms with E-state index in [0.29, 0.717) is 5.92 Å². The van der Waals surface area contributed by atoms with Gasteiger partial charge in [-0.1, -0.05) is 25.4 Å². The molecule has 2 heterocycles. The molecule has 1 fully saturated rings. The summed E-state index contributed by atoms with van der Waals surface area (Å²) >= 11 is 6.46. The monoisotopic (exact) mass is 283 g/mol. The van der Waals surface area contributed by atoms with Crippen LogP contribution in [0.3, 0.4) is 0 Å². The van der Waals surface area contributed by atoms with Gasteiger partial charge in [0, 0.05) is 18.5 Å². The maximum absolute atomic E-state index is 6.46. The van der Waals surface area contributed by atoms with Crippen molar-refractivity contribution in [3.63, 3.8) is 0 Å². The highest BCUT2D eigenvalue weighted by atomic mass is 35.5. The lowest BCUT2D eigenvalue weighted by atomic mass is 9.83. The molecule has 1 aliphatic rings. The molecule has 1 saturated heterocycles. The van der Waals surface area contributed by atoms with Crippen LogP contribution in [0.5, 0.6) is 0 Å². The van der Waals surface area contributed by atoms with E-state index in [9.17, 15) is 0 Å². The van der Waals surface area contributed by atoms with E-state index in [1.54, 1.807) is 0 Å². The fraction of sp³-hybridized carbons (Fsp3) is 0.800. The number of nitrogens with zero attached hydrogens (tertiary/aromatic N) is 2. The molecule has 19 heavy (non-hydrogen) atoms. The molecule has 2 rings (SSSR count). The Kier molecular flexibility index (Phi) is 4.57. The van der Waals surface area contributed by atoms with Gasteiger partial charge in [0.05, 0.1) is 16.4 Å². The van der Waals surface area contributed by atoms with Gasteiger partial charge in [-0.05, 0) is 45.6 Å². The standard InChI is InChI=1S/C15H26ClN3/c1-5-19-13(14(16)12(4)18-19)10-15(9-11(2)3)7-6-8-17-15/h11,17H,5-10H2,1-4H3.